The Morgan fingerprint density at radius 1 is 1.33 bits per heavy atom. The van der Waals surface area contributed by atoms with E-state index >= 15 is 0 Å². The maximum atomic E-state index is 4.57. The van der Waals surface area contributed by atoms with Crippen LogP contribution in [0.3, 0.4) is 0 Å². The summed E-state index contributed by atoms with van der Waals surface area (Å²) in [6.45, 7) is 2.40. The van der Waals surface area contributed by atoms with Crippen molar-refractivity contribution in [3.8, 4) is 0 Å². The first-order valence-electron chi connectivity index (χ1n) is 7.46. The van der Waals surface area contributed by atoms with Crippen LogP contribution in [0.5, 0.6) is 0 Å². The van der Waals surface area contributed by atoms with Gasteiger partial charge in [-0.2, -0.15) is 0 Å². The summed E-state index contributed by atoms with van der Waals surface area (Å²) >= 11 is 0. The van der Waals surface area contributed by atoms with Crippen LogP contribution in [-0.2, 0) is 13.5 Å². The topological polar surface area (TPSA) is 29.9 Å². The average Bonchev–Trinajstić information content (AvgIpc) is 3.02. The number of nitrogens with one attached hydrogen (secondary N) is 1. The molecule has 0 spiro atoms. The average molecular weight is 247 g/mol. The summed E-state index contributed by atoms with van der Waals surface area (Å²) in [7, 11) is 2.07. The molecule has 100 valence electrons. The van der Waals surface area contributed by atoms with Crippen molar-refractivity contribution in [2.45, 2.75) is 44.9 Å². The zero-order chi connectivity index (χ0) is 12.4. The number of hydrogen-bond donors (Lipinski definition) is 1. The Kier molecular flexibility index (Phi) is 3.42. The Bertz CT molecular complexity index is 384. The Labute approximate surface area is 110 Å². The Morgan fingerprint density at radius 3 is 2.67 bits per heavy atom. The van der Waals surface area contributed by atoms with Gasteiger partial charge in [0.2, 0.25) is 0 Å². The summed E-state index contributed by atoms with van der Waals surface area (Å²) in [5.41, 5.74) is 1.84. The van der Waals surface area contributed by atoms with Crippen molar-refractivity contribution in [1.82, 2.24) is 14.9 Å². The number of nitrogens with zero attached hydrogens (tertiary/aromatic N) is 2. The van der Waals surface area contributed by atoms with Gasteiger partial charge in [0.15, 0.2) is 0 Å². The molecule has 1 aromatic heterocycles. The minimum Gasteiger partial charge on any atom is -0.340 e. The molecule has 0 bridgehead atoms. The molecule has 0 radical (unpaired) electrons. The van der Waals surface area contributed by atoms with Gasteiger partial charge >= 0.3 is 0 Å². The van der Waals surface area contributed by atoms with Crippen molar-refractivity contribution in [1.29, 1.82) is 0 Å². The Hall–Kier alpha value is -0.830. The predicted molar refractivity (Wildman–Crippen MR) is 73.4 cm³/mol. The molecule has 1 saturated carbocycles. The molecule has 1 saturated heterocycles. The van der Waals surface area contributed by atoms with Crippen molar-refractivity contribution < 1.29 is 0 Å². The van der Waals surface area contributed by atoms with Gasteiger partial charge in [0.05, 0.1) is 12.0 Å². The quantitative estimate of drug-likeness (QED) is 0.889. The molecule has 0 atom stereocenters. The van der Waals surface area contributed by atoms with Gasteiger partial charge < -0.3 is 9.88 Å². The van der Waals surface area contributed by atoms with Gasteiger partial charge in [-0.05, 0) is 56.5 Å². The molecule has 2 heterocycles. The number of rotatable bonds is 3. The molecule has 0 aromatic carbocycles. The summed E-state index contributed by atoms with van der Waals surface area (Å²) in [6, 6.07) is 0. The Balaban J connectivity index is 1.79. The lowest BCUT2D eigenvalue weighted by molar-refractivity contribution is 0.107. The van der Waals surface area contributed by atoms with Crippen LogP contribution in [0.1, 0.15) is 44.2 Å². The number of aromatic nitrogens is 2. The first-order chi connectivity index (χ1) is 8.78. The molecule has 1 aromatic rings. The van der Waals surface area contributed by atoms with E-state index in [2.05, 4.69) is 28.1 Å². The van der Waals surface area contributed by atoms with Gasteiger partial charge in [0, 0.05) is 13.2 Å². The third-order valence-corrected chi connectivity index (χ3v) is 5.11. The molecule has 3 heteroatoms. The smallest absolute Gasteiger partial charge is 0.0946 e. The van der Waals surface area contributed by atoms with E-state index in [-0.39, 0.29) is 0 Å². The highest BCUT2D eigenvalue weighted by Gasteiger charge is 2.41. The van der Waals surface area contributed by atoms with Crippen LogP contribution in [-0.4, -0.2) is 22.6 Å². The Morgan fingerprint density at radius 2 is 2.06 bits per heavy atom. The molecule has 3 rings (SSSR count). The highest BCUT2D eigenvalue weighted by Crippen LogP contribution is 2.47. The van der Waals surface area contributed by atoms with E-state index in [1.54, 1.807) is 0 Å². The van der Waals surface area contributed by atoms with Crippen LogP contribution in [0.15, 0.2) is 12.5 Å². The molecule has 1 aliphatic carbocycles. The number of aryl methyl sites for hydroxylation is 1. The zero-order valence-corrected chi connectivity index (χ0v) is 11.5. The molecular formula is C15H25N3. The molecule has 18 heavy (non-hydrogen) atoms. The molecule has 2 aliphatic rings. The molecule has 0 amide bonds. The summed E-state index contributed by atoms with van der Waals surface area (Å²) in [4.78, 5) is 4.57. The first-order valence-corrected chi connectivity index (χ1v) is 7.46. The van der Waals surface area contributed by atoms with Crippen LogP contribution >= 0.6 is 0 Å². The molecule has 1 aliphatic heterocycles. The van der Waals surface area contributed by atoms with Gasteiger partial charge in [-0.3, -0.25) is 0 Å². The summed E-state index contributed by atoms with van der Waals surface area (Å²) in [5.74, 6) is 0.946. The zero-order valence-electron chi connectivity index (χ0n) is 11.5. The third-order valence-electron chi connectivity index (χ3n) is 5.11. The minimum atomic E-state index is 0.538. The molecule has 3 nitrogen and oxygen atoms in total. The minimum absolute atomic E-state index is 0.538. The van der Waals surface area contributed by atoms with Gasteiger partial charge in [0.1, 0.15) is 0 Å². The van der Waals surface area contributed by atoms with Crippen LogP contribution < -0.4 is 5.32 Å². The normalized spacial score (nSPS) is 24.5. The second-order valence-corrected chi connectivity index (χ2v) is 6.30. The van der Waals surface area contributed by atoms with Crippen molar-refractivity contribution in [3.63, 3.8) is 0 Å². The van der Waals surface area contributed by atoms with Gasteiger partial charge in [0.25, 0.3) is 0 Å². The van der Waals surface area contributed by atoms with Crippen LogP contribution in [0, 0.1) is 11.3 Å². The second-order valence-electron chi connectivity index (χ2n) is 6.30. The largest absolute Gasteiger partial charge is 0.340 e. The number of piperidine rings is 1. The fourth-order valence-corrected chi connectivity index (χ4v) is 4.11. The van der Waals surface area contributed by atoms with Crippen molar-refractivity contribution in [3.05, 3.63) is 18.2 Å². The highest BCUT2D eigenvalue weighted by atomic mass is 15.0. The van der Waals surface area contributed by atoms with Crippen molar-refractivity contribution >= 4 is 0 Å². The molecule has 1 N–H and O–H groups in total. The summed E-state index contributed by atoms with van der Waals surface area (Å²) in [5, 5.41) is 3.53. The maximum absolute atomic E-state index is 4.57. The predicted octanol–water partition coefficient (Wildman–Crippen LogP) is 2.52. The first kappa shape index (κ1) is 12.2. The summed E-state index contributed by atoms with van der Waals surface area (Å²) in [6.07, 6.45) is 13.8. The van der Waals surface area contributed by atoms with E-state index in [1.807, 2.05) is 6.33 Å². The van der Waals surface area contributed by atoms with Crippen LogP contribution in [0.25, 0.3) is 0 Å². The standard InChI is InChI=1S/C15H25N3/c1-18-11-14(17-12-18)10-15(6-8-16-9-7-15)13-4-2-3-5-13/h11-13,16H,2-10H2,1H3. The summed E-state index contributed by atoms with van der Waals surface area (Å²) < 4.78 is 2.08. The van der Waals surface area contributed by atoms with Gasteiger partial charge in [-0.1, -0.05) is 12.8 Å². The second kappa shape index (κ2) is 5.04. The van der Waals surface area contributed by atoms with Crippen LogP contribution in [0.4, 0.5) is 0 Å². The lowest BCUT2D eigenvalue weighted by atomic mass is 9.65. The van der Waals surface area contributed by atoms with E-state index in [9.17, 15) is 0 Å². The fraction of sp³-hybridized carbons (Fsp3) is 0.800. The van der Waals surface area contributed by atoms with Crippen molar-refractivity contribution in [2.75, 3.05) is 13.1 Å². The SMILES string of the molecule is Cn1cnc(CC2(C3CCCC3)CCNCC2)c1. The van der Waals surface area contributed by atoms with Crippen molar-refractivity contribution in [2.24, 2.45) is 18.4 Å². The monoisotopic (exact) mass is 247 g/mol. The fourth-order valence-electron chi connectivity index (χ4n) is 4.11. The van der Waals surface area contributed by atoms with Gasteiger partial charge in [-0.15, -0.1) is 0 Å². The van der Waals surface area contributed by atoms with E-state index in [1.165, 1.54) is 63.7 Å². The van der Waals surface area contributed by atoms with E-state index in [0.29, 0.717) is 5.41 Å². The third kappa shape index (κ3) is 2.33. The lowest BCUT2D eigenvalue weighted by Gasteiger charge is -2.42. The van der Waals surface area contributed by atoms with E-state index in [4.69, 9.17) is 0 Å². The molecule has 2 fully saturated rings. The van der Waals surface area contributed by atoms with E-state index in [0.717, 1.165) is 5.92 Å². The van der Waals surface area contributed by atoms with E-state index < -0.39 is 0 Å². The maximum Gasteiger partial charge on any atom is 0.0946 e. The van der Waals surface area contributed by atoms with Crippen LogP contribution in [0.2, 0.25) is 0 Å². The molecular weight excluding hydrogens is 222 g/mol. The molecule has 0 unspecified atom stereocenters. The lowest BCUT2D eigenvalue weighted by Crippen LogP contribution is -2.42. The number of hydrogen-bond acceptors (Lipinski definition) is 2. The van der Waals surface area contributed by atoms with Gasteiger partial charge in [-0.25, -0.2) is 4.98 Å². The number of imidazole rings is 1. The highest BCUT2D eigenvalue weighted by molar-refractivity contribution is 5.05.